The maximum absolute atomic E-state index is 10.8. The van der Waals surface area contributed by atoms with Crippen LogP contribution >= 0.6 is 0 Å². The van der Waals surface area contributed by atoms with Crippen LogP contribution in [0.1, 0.15) is 32.6 Å². The molecule has 0 aliphatic heterocycles. The van der Waals surface area contributed by atoms with Crippen molar-refractivity contribution in [3.05, 3.63) is 6.92 Å². The first-order valence-electron chi connectivity index (χ1n) is 4.62. The second-order valence-electron chi connectivity index (χ2n) is 2.61. The standard InChI is InChI=1S/C7H12O2.C2H5.CH2O2.V/c1-9-7(8)6-4-2-3-5-6;1-2;2-1-3;/h6H,2-5H2,1H3;1H2,2H3;1H,(H,2,3);/q;-1;;. The summed E-state index contributed by atoms with van der Waals surface area (Å²) >= 11 is 0. The number of carbonyl (C=O) groups is 2. The van der Waals surface area contributed by atoms with Crippen LogP contribution in [-0.2, 0) is 32.9 Å². The van der Waals surface area contributed by atoms with Crippen LogP contribution in [0.3, 0.4) is 0 Å². The molecule has 5 heteroatoms. The zero-order valence-corrected chi connectivity index (χ0v) is 10.7. The first kappa shape index (κ1) is 20.0. The van der Waals surface area contributed by atoms with Crippen LogP contribution in [-0.4, -0.2) is 24.7 Å². The number of carbonyl (C=O) groups excluding carboxylic acids is 1. The topological polar surface area (TPSA) is 63.6 Å². The molecule has 0 heterocycles. The molecule has 0 aromatic carbocycles. The van der Waals surface area contributed by atoms with E-state index >= 15 is 0 Å². The van der Waals surface area contributed by atoms with Gasteiger partial charge in [0.15, 0.2) is 0 Å². The normalized spacial score (nSPS) is 13.3. The van der Waals surface area contributed by atoms with E-state index in [1.165, 1.54) is 20.0 Å². The zero-order valence-electron chi connectivity index (χ0n) is 9.31. The van der Waals surface area contributed by atoms with Gasteiger partial charge in [-0.15, -0.1) is 0 Å². The van der Waals surface area contributed by atoms with Gasteiger partial charge < -0.3 is 16.8 Å². The molecule has 1 radical (unpaired) electrons. The van der Waals surface area contributed by atoms with Crippen molar-refractivity contribution < 1.29 is 38.0 Å². The van der Waals surface area contributed by atoms with E-state index in [2.05, 4.69) is 11.7 Å². The minimum Gasteiger partial charge on any atom is -0.483 e. The van der Waals surface area contributed by atoms with E-state index < -0.39 is 0 Å². The van der Waals surface area contributed by atoms with Crippen LogP contribution in [0.4, 0.5) is 0 Å². The van der Waals surface area contributed by atoms with Crippen LogP contribution < -0.4 is 0 Å². The minimum atomic E-state index is -0.250. The number of hydrogen-bond acceptors (Lipinski definition) is 3. The van der Waals surface area contributed by atoms with Gasteiger partial charge in [-0.25, -0.2) is 0 Å². The fourth-order valence-corrected chi connectivity index (χ4v) is 1.33. The van der Waals surface area contributed by atoms with E-state index in [1.807, 2.05) is 0 Å². The van der Waals surface area contributed by atoms with Crippen molar-refractivity contribution in [3.8, 4) is 0 Å². The summed E-state index contributed by atoms with van der Waals surface area (Å²) in [5, 5.41) is 6.89. The second-order valence-corrected chi connectivity index (χ2v) is 2.61. The molecule has 1 saturated carbocycles. The summed E-state index contributed by atoms with van der Waals surface area (Å²) in [5.74, 6) is 0.197. The average Bonchev–Trinajstić information content (AvgIpc) is 2.74. The van der Waals surface area contributed by atoms with Gasteiger partial charge in [-0.2, -0.15) is 6.92 Å². The Bertz CT molecular complexity index is 144. The Morgan fingerprint density at radius 2 is 1.73 bits per heavy atom. The Labute approximate surface area is 103 Å². The summed E-state index contributed by atoms with van der Waals surface area (Å²) in [6, 6.07) is 0. The molecule has 4 nitrogen and oxygen atoms in total. The first-order valence-corrected chi connectivity index (χ1v) is 4.62. The molecule has 1 fully saturated rings. The molecule has 1 aliphatic rings. The molecule has 1 aliphatic carbocycles. The van der Waals surface area contributed by atoms with Gasteiger partial charge >= 0.3 is 5.97 Å². The summed E-state index contributed by atoms with van der Waals surface area (Å²) in [7, 11) is 1.46. The Morgan fingerprint density at radius 3 is 2.00 bits per heavy atom. The van der Waals surface area contributed by atoms with Gasteiger partial charge in [0.05, 0.1) is 13.0 Å². The molecule has 1 N–H and O–H groups in total. The minimum absolute atomic E-state index is 0. The summed E-state index contributed by atoms with van der Waals surface area (Å²) < 4.78 is 4.60. The van der Waals surface area contributed by atoms with Crippen LogP contribution in [0.15, 0.2) is 0 Å². The summed E-state index contributed by atoms with van der Waals surface area (Å²) in [4.78, 5) is 19.2. The number of carboxylic acid groups (broad SMARTS) is 1. The van der Waals surface area contributed by atoms with E-state index in [4.69, 9.17) is 9.90 Å². The van der Waals surface area contributed by atoms with Gasteiger partial charge in [0.25, 0.3) is 6.47 Å². The van der Waals surface area contributed by atoms with E-state index in [-0.39, 0.29) is 36.9 Å². The molecule has 0 saturated heterocycles. The quantitative estimate of drug-likeness (QED) is 0.441. The molecule has 0 aromatic heterocycles. The van der Waals surface area contributed by atoms with Crippen molar-refractivity contribution >= 4 is 12.4 Å². The summed E-state index contributed by atoms with van der Waals surface area (Å²) in [6.07, 6.45) is 4.46. The van der Waals surface area contributed by atoms with Gasteiger partial charge in [-0.1, -0.05) is 12.8 Å². The predicted molar refractivity (Wildman–Crippen MR) is 53.7 cm³/mol. The average molecular weight is 254 g/mol. The summed E-state index contributed by atoms with van der Waals surface area (Å²) in [6.45, 7) is 4.75. The third-order valence-electron chi connectivity index (χ3n) is 1.89. The molecule has 0 unspecified atom stereocenters. The number of hydrogen-bond donors (Lipinski definition) is 1. The number of rotatable bonds is 1. The molecule has 89 valence electrons. The van der Waals surface area contributed by atoms with Crippen LogP contribution in [0.5, 0.6) is 0 Å². The van der Waals surface area contributed by atoms with Crippen molar-refractivity contribution in [2.45, 2.75) is 32.6 Å². The van der Waals surface area contributed by atoms with Crippen molar-refractivity contribution in [3.63, 3.8) is 0 Å². The monoisotopic (exact) mass is 254 g/mol. The van der Waals surface area contributed by atoms with Crippen molar-refractivity contribution in [1.82, 2.24) is 0 Å². The maximum Gasteiger partial charge on any atom is 0.308 e. The van der Waals surface area contributed by atoms with Crippen molar-refractivity contribution in [2.24, 2.45) is 5.92 Å². The van der Waals surface area contributed by atoms with Gasteiger partial charge in [0.1, 0.15) is 0 Å². The van der Waals surface area contributed by atoms with Gasteiger partial charge in [-0.3, -0.25) is 9.59 Å². The maximum atomic E-state index is 10.8. The molecule has 0 atom stereocenters. The van der Waals surface area contributed by atoms with Crippen LogP contribution in [0.2, 0.25) is 0 Å². The van der Waals surface area contributed by atoms with Crippen molar-refractivity contribution in [2.75, 3.05) is 7.11 Å². The van der Waals surface area contributed by atoms with Gasteiger partial charge in [-0.05, 0) is 12.8 Å². The van der Waals surface area contributed by atoms with E-state index in [0.29, 0.717) is 0 Å². The molecule has 0 aromatic rings. The predicted octanol–water partition coefficient (Wildman–Crippen LogP) is 1.89. The molecule has 1 rings (SSSR count). The van der Waals surface area contributed by atoms with Gasteiger partial charge in [0.2, 0.25) is 0 Å². The smallest absolute Gasteiger partial charge is 0.308 e. The molecular weight excluding hydrogens is 235 g/mol. The Balaban J connectivity index is -0.000000209. The van der Waals surface area contributed by atoms with Gasteiger partial charge in [0, 0.05) is 18.6 Å². The third-order valence-corrected chi connectivity index (χ3v) is 1.89. The molecular formula is C10H19O4V-. The van der Waals surface area contributed by atoms with Crippen LogP contribution in [0, 0.1) is 12.8 Å². The summed E-state index contributed by atoms with van der Waals surface area (Å²) in [5.41, 5.74) is 0. The Morgan fingerprint density at radius 1 is 1.40 bits per heavy atom. The fraction of sp³-hybridized carbons (Fsp3) is 0.700. The molecule has 15 heavy (non-hydrogen) atoms. The first-order chi connectivity index (χ1) is 6.76. The van der Waals surface area contributed by atoms with E-state index in [9.17, 15) is 4.79 Å². The molecule has 0 bridgehead atoms. The molecule has 0 amide bonds. The van der Waals surface area contributed by atoms with E-state index in [1.54, 1.807) is 6.92 Å². The molecule has 0 spiro atoms. The zero-order chi connectivity index (χ0) is 11.4. The number of ether oxygens (including phenoxy) is 1. The van der Waals surface area contributed by atoms with Crippen LogP contribution in [0.25, 0.3) is 0 Å². The fourth-order valence-electron chi connectivity index (χ4n) is 1.33. The SMILES string of the molecule is COC(=O)C1CCCC1.O=CO.[CH2-]C.[V]. The Hall–Kier alpha value is -0.476. The van der Waals surface area contributed by atoms with Crippen molar-refractivity contribution in [1.29, 1.82) is 0 Å². The number of esters is 1. The van der Waals surface area contributed by atoms with E-state index in [0.717, 1.165) is 12.8 Å². The number of methoxy groups -OCH3 is 1. The Kier molecular flexibility index (Phi) is 21.3. The largest absolute Gasteiger partial charge is 0.483 e. The second kappa shape index (κ2) is 16.0. The third kappa shape index (κ3) is 11.5.